The van der Waals surface area contributed by atoms with Crippen molar-refractivity contribution in [3.63, 3.8) is 0 Å². The lowest BCUT2D eigenvalue weighted by molar-refractivity contribution is 0.147. The van der Waals surface area contributed by atoms with Crippen molar-refractivity contribution in [3.8, 4) is 11.8 Å². The monoisotopic (exact) mass is 335 g/mol. The Morgan fingerprint density at radius 3 is 2.52 bits per heavy atom. The minimum Gasteiger partial charge on any atom is -0.489 e. The van der Waals surface area contributed by atoms with Crippen LogP contribution >= 0.6 is 0 Å². The maximum absolute atomic E-state index is 10.6. The van der Waals surface area contributed by atoms with Gasteiger partial charge < -0.3 is 4.74 Å². The van der Waals surface area contributed by atoms with E-state index in [-0.39, 0.29) is 11.4 Å². The van der Waals surface area contributed by atoms with Crippen LogP contribution in [0.1, 0.15) is 45.6 Å². The summed E-state index contributed by atoms with van der Waals surface area (Å²) in [6.07, 6.45) is 3.29. The van der Waals surface area contributed by atoms with Crippen molar-refractivity contribution >= 4 is 11.7 Å². The molecular weight excluding hydrogens is 308 g/mol. The second-order valence-electron chi connectivity index (χ2n) is 5.86. The third kappa shape index (κ3) is 8.06. The maximum atomic E-state index is 10.6. The fourth-order valence-corrected chi connectivity index (χ4v) is 2.70. The van der Waals surface area contributed by atoms with Gasteiger partial charge in [-0.15, -0.1) is 0 Å². The third-order valence-electron chi connectivity index (χ3n) is 3.78. The molecule has 23 heavy (non-hydrogen) atoms. The van der Waals surface area contributed by atoms with Crippen LogP contribution in [0.4, 0.5) is 0 Å². The van der Waals surface area contributed by atoms with E-state index in [4.69, 9.17) is 10.00 Å². The van der Waals surface area contributed by atoms with E-state index in [1.54, 1.807) is 12.1 Å². The van der Waals surface area contributed by atoms with Crippen molar-refractivity contribution in [1.29, 1.82) is 5.26 Å². The van der Waals surface area contributed by atoms with E-state index < -0.39 is 0 Å². The molecule has 0 N–H and O–H groups in total. The Labute approximate surface area is 143 Å². The molecule has 0 amide bonds. The van der Waals surface area contributed by atoms with Crippen LogP contribution in [0.5, 0.6) is 5.75 Å². The Morgan fingerprint density at radius 2 is 1.96 bits per heavy atom. The van der Waals surface area contributed by atoms with Gasteiger partial charge in [0.1, 0.15) is 11.9 Å². The normalized spacial score (nSPS) is 13.3. The third-order valence-corrected chi connectivity index (χ3v) is 4.35. The smallest absolute Gasteiger partial charge is 0.461 e. The van der Waals surface area contributed by atoms with E-state index in [1.165, 1.54) is 0 Å². The first kappa shape index (κ1) is 19.5. The molecule has 1 rings (SSSR count). The van der Waals surface area contributed by atoms with Crippen LogP contribution in [0.2, 0.25) is 0 Å². The minimum atomic E-state index is 0.0963. The highest BCUT2D eigenvalue weighted by Gasteiger charge is 2.14. The van der Waals surface area contributed by atoms with Gasteiger partial charge in [-0.1, -0.05) is 6.92 Å². The molecule has 0 fully saturated rings. The Hall–Kier alpha value is -1.51. The molecule has 4 nitrogen and oxygen atoms in total. The topological polar surface area (TPSA) is 53.3 Å². The summed E-state index contributed by atoms with van der Waals surface area (Å²) >= 11 is 0.700. The molecule has 0 radical (unpaired) electrons. The number of hydrogen-bond donors (Lipinski definition) is 0. The number of unbranched alkanes of at least 4 members (excludes halogenated alkanes) is 1. The van der Waals surface area contributed by atoms with Crippen molar-refractivity contribution in [2.45, 2.75) is 51.4 Å². The molecule has 0 aliphatic carbocycles. The average molecular weight is 335 g/mol. The van der Waals surface area contributed by atoms with E-state index >= 15 is 0 Å². The highest BCUT2D eigenvalue weighted by molar-refractivity contribution is 7.66. The van der Waals surface area contributed by atoms with Crippen LogP contribution in [0.25, 0.3) is 0 Å². The standard InChI is InChI=1S/C18H27N2O2S/c1-4-20(12-6-5-7-16(3)23-21)14-15(2)22-18-10-8-17(13-19)9-11-18/h8-11,15-16H,4-7,12,14H2,1-3H3/q+1. The fourth-order valence-electron chi connectivity index (χ4n) is 2.44. The van der Waals surface area contributed by atoms with Gasteiger partial charge in [-0.25, -0.2) is 0 Å². The van der Waals surface area contributed by atoms with Crippen LogP contribution < -0.4 is 4.74 Å². The number of ether oxygens (including phenoxy) is 1. The lowest BCUT2D eigenvalue weighted by Crippen LogP contribution is -2.34. The van der Waals surface area contributed by atoms with Crippen LogP contribution in [0.3, 0.4) is 0 Å². The molecule has 0 aromatic heterocycles. The molecule has 0 aliphatic heterocycles. The van der Waals surface area contributed by atoms with Crippen molar-refractivity contribution in [2.24, 2.45) is 0 Å². The van der Waals surface area contributed by atoms with Gasteiger partial charge in [0.05, 0.1) is 11.6 Å². The first-order valence-corrected chi connectivity index (χ1v) is 9.07. The van der Waals surface area contributed by atoms with Crippen LogP contribution in [0, 0.1) is 11.3 Å². The Morgan fingerprint density at radius 1 is 1.26 bits per heavy atom. The second-order valence-corrected chi connectivity index (χ2v) is 6.86. The molecule has 0 saturated heterocycles. The number of rotatable bonds is 11. The summed E-state index contributed by atoms with van der Waals surface area (Å²) in [5, 5.41) is 9.01. The molecule has 0 spiro atoms. The van der Waals surface area contributed by atoms with Crippen molar-refractivity contribution in [1.82, 2.24) is 4.90 Å². The molecular formula is C18H27N2O2S+. The predicted octanol–water partition coefficient (Wildman–Crippen LogP) is 3.63. The fraction of sp³-hybridized carbons (Fsp3) is 0.611. The summed E-state index contributed by atoms with van der Waals surface area (Å²) < 4.78 is 16.6. The summed E-state index contributed by atoms with van der Waals surface area (Å²) in [6.45, 7) is 9.12. The van der Waals surface area contributed by atoms with Gasteiger partial charge in [0.2, 0.25) is 5.25 Å². The molecule has 1 aromatic carbocycles. The maximum Gasteiger partial charge on any atom is 0.461 e. The number of hydrogen-bond acceptors (Lipinski definition) is 4. The van der Waals surface area contributed by atoms with Crippen molar-refractivity contribution in [3.05, 3.63) is 29.8 Å². The van der Waals surface area contributed by atoms with E-state index in [0.29, 0.717) is 17.2 Å². The molecule has 126 valence electrons. The summed E-state index contributed by atoms with van der Waals surface area (Å²) in [7, 11) is 0. The van der Waals surface area contributed by atoms with Crippen LogP contribution in [-0.4, -0.2) is 35.9 Å². The zero-order valence-electron chi connectivity index (χ0n) is 14.3. The Bertz CT molecular complexity index is 499. The molecule has 2 unspecified atom stereocenters. The van der Waals surface area contributed by atoms with Gasteiger partial charge in [0, 0.05) is 17.2 Å². The summed E-state index contributed by atoms with van der Waals surface area (Å²) in [4.78, 5) is 2.38. The van der Waals surface area contributed by atoms with Gasteiger partial charge in [-0.2, -0.15) is 5.26 Å². The predicted molar refractivity (Wildman–Crippen MR) is 94.7 cm³/mol. The number of likely N-dealkylation sites (N-methyl/N-ethyl adjacent to an activating group) is 1. The molecule has 0 bridgehead atoms. The van der Waals surface area contributed by atoms with Crippen LogP contribution in [0.15, 0.2) is 24.3 Å². The summed E-state index contributed by atoms with van der Waals surface area (Å²) in [5.41, 5.74) is 0.644. The van der Waals surface area contributed by atoms with E-state index in [2.05, 4.69) is 24.8 Å². The molecule has 1 aromatic rings. The highest BCUT2D eigenvalue weighted by atomic mass is 32.1. The second kappa shape index (κ2) is 11.1. The Kier molecular flexibility index (Phi) is 9.42. The van der Waals surface area contributed by atoms with Crippen LogP contribution in [-0.2, 0) is 15.9 Å². The largest absolute Gasteiger partial charge is 0.489 e. The van der Waals surface area contributed by atoms with Gasteiger partial charge in [-0.3, -0.25) is 4.90 Å². The summed E-state index contributed by atoms with van der Waals surface area (Å²) in [6, 6.07) is 9.33. The van der Waals surface area contributed by atoms with Gasteiger partial charge in [0.25, 0.3) is 0 Å². The molecule has 0 saturated carbocycles. The molecule has 0 aliphatic rings. The van der Waals surface area contributed by atoms with Crippen molar-refractivity contribution in [2.75, 3.05) is 19.6 Å². The van der Waals surface area contributed by atoms with E-state index in [9.17, 15) is 4.21 Å². The van der Waals surface area contributed by atoms with E-state index in [0.717, 1.165) is 44.6 Å². The SMILES string of the molecule is CCN(CCCCC(C)[S+]=O)CC(C)Oc1ccc(C#N)cc1. The molecule has 0 heterocycles. The number of nitriles is 1. The first-order chi connectivity index (χ1) is 11.1. The van der Waals surface area contributed by atoms with Gasteiger partial charge >= 0.3 is 11.7 Å². The van der Waals surface area contributed by atoms with E-state index in [1.807, 2.05) is 19.1 Å². The molecule has 2 atom stereocenters. The minimum absolute atomic E-state index is 0.0963. The average Bonchev–Trinajstić information content (AvgIpc) is 2.57. The summed E-state index contributed by atoms with van der Waals surface area (Å²) in [5.74, 6) is 0.800. The molecule has 5 heteroatoms. The van der Waals surface area contributed by atoms with Crippen molar-refractivity contribution < 1.29 is 8.95 Å². The lowest BCUT2D eigenvalue weighted by atomic mass is 10.2. The quantitative estimate of drug-likeness (QED) is 0.458. The highest BCUT2D eigenvalue weighted by Crippen LogP contribution is 2.14. The van der Waals surface area contributed by atoms with Gasteiger partial charge in [-0.05, 0) is 64.0 Å². The zero-order chi connectivity index (χ0) is 17.1. The number of benzene rings is 1. The first-order valence-electron chi connectivity index (χ1n) is 8.26. The van der Waals surface area contributed by atoms with Gasteiger partial charge in [0.15, 0.2) is 0 Å². The zero-order valence-corrected chi connectivity index (χ0v) is 15.1. The lowest BCUT2D eigenvalue weighted by Gasteiger charge is -2.25. The Balaban J connectivity index is 2.33. The number of nitrogens with zero attached hydrogens (tertiary/aromatic N) is 2.